The van der Waals surface area contributed by atoms with Gasteiger partial charge in [-0.25, -0.2) is 0 Å². The summed E-state index contributed by atoms with van der Waals surface area (Å²) in [6.45, 7) is 8.07. The molecule has 2 amide bonds. The number of carbonyl (C=O) groups excluding carboxylic acids is 2. The summed E-state index contributed by atoms with van der Waals surface area (Å²) in [5, 5.41) is 0. The second-order valence-corrected chi connectivity index (χ2v) is 8.09. The minimum absolute atomic E-state index is 0.0211. The van der Waals surface area contributed by atoms with E-state index in [-0.39, 0.29) is 24.3 Å². The molecule has 2 aromatic rings. The summed E-state index contributed by atoms with van der Waals surface area (Å²) in [4.78, 5) is 29.9. The van der Waals surface area contributed by atoms with Crippen LogP contribution in [0.25, 0.3) is 0 Å². The molecule has 1 aromatic carbocycles. The van der Waals surface area contributed by atoms with Gasteiger partial charge in [0.1, 0.15) is 12.3 Å². The molecule has 30 heavy (non-hydrogen) atoms. The zero-order chi connectivity index (χ0) is 22.1. The second kappa shape index (κ2) is 11.4. The number of nitrogens with zero attached hydrogens (tertiary/aromatic N) is 3. The van der Waals surface area contributed by atoms with E-state index in [0.717, 1.165) is 18.5 Å². The highest BCUT2D eigenvalue weighted by Gasteiger charge is 2.23. The largest absolute Gasteiger partial charge is 0.497 e. The number of ether oxygens (including phenoxy) is 1. The molecule has 0 N–H and O–H groups in total. The number of aromatic nitrogens is 1. The van der Waals surface area contributed by atoms with Crippen molar-refractivity contribution in [3.05, 3.63) is 53.9 Å². The lowest BCUT2D eigenvalue weighted by atomic mass is 10.1. The monoisotopic (exact) mass is 413 g/mol. The number of unbranched alkanes of at least 4 members (excludes halogenated alkanes) is 1. The van der Waals surface area contributed by atoms with Crippen LogP contribution in [0.2, 0.25) is 0 Å². The van der Waals surface area contributed by atoms with Crippen LogP contribution in [-0.4, -0.2) is 52.9 Å². The first-order valence-corrected chi connectivity index (χ1v) is 10.7. The van der Waals surface area contributed by atoms with E-state index in [9.17, 15) is 9.59 Å². The summed E-state index contributed by atoms with van der Waals surface area (Å²) in [5.74, 6) is 0.810. The van der Waals surface area contributed by atoms with Crippen molar-refractivity contribution in [3.63, 3.8) is 0 Å². The van der Waals surface area contributed by atoms with Gasteiger partial charge in [-0.05, 0) is 48.7 Å². The van der Waals surface area contributed by atoms with Gasteiger partial charge in [0, 0.05) is 37.6 Å². The third-order valence-electron chi connectivity index (χ3n) is 5.07. The number of carbonyl (C=O) groups is 2. The lowest BCUT2D eigenvalue weighted by Crippen LogP contribution is -2.44. The molecule has 0 saturated carbocycles. The van der Waals surface area contributed by atoms with Crippen LogP contribution in [0.4, 0.5) is 0 Å². The SMILES string of the molecule is CCCCN(Cc1cccn1C)C(=O)CN(CC(C)C)C(=O)c1ccc(OC)cc1. The lowest BCUT2D eigenvalue weighted by molar-refractivity contribution is -0.132. The van der Waals surface area contributed by atoms with Crippen LogP contribution in [0.15, 0.2) is 42.6 Å². The van der Waals surface area contributed by atoms with Crippen molar-refractivity contribution in [1.82, 2.24) is 14.4 Å². The lowest BCUT2D eigenvalue weighted by Gasteiger charge is -2.29. The Bertz CT molecular complexity index is 811. The summed E-state index contributed by atoms with van der Waals surface area (Å²) in [5.41, 5.74) is 1.64. The second-order valence-electron chi connectivity index (χ2n) is 8.09. The molecule has 1 heterocycles. The van der Waals surface area contributed by atoms with E-state index in [2.05, 4.69) is 20.8 Å². The van der Waals surface area contributed by atoms with E-state index in [1.807, 2.05) is 34.8 Å². The van der Waals surface area contributed by atoms with Gasteiger partial charge in [0.15, 0.2) is 0 Å². The van der Waals surface area contributed by atoms with Gasteiger partial charge in [-0.3, -0.25) is 9.59 Å². The van der Waals surface area contributed by atoms with Crippen LogP contribution in [0.5, 0.6) is 5.75 Å². The summed E-state index contributed by atoms with van der Waals surface area (Å²) < 4.78 is 7.21. The molecule has 0 aliphatic heterocycles. The first-order chi connectivity index (χ1) is 14.3. The predicted molar refractivity (Wildman–Crippen MR) is 119 cm³/mol. The fourth-order valence-corrected chi connectivity index (χ4v) is 3.34. The molecular formula is C24H35N3O3. The number of hydrogen-bond acceptors (Lipinski definition) is 3. The van der Waals surface area contributed by atoms with Crippen molar-refractivity contribution in [2.75, 3.05) is 26.7 Å². The minimum Gasteiger partial charge on any atom is -0.497 e. The molecular weight excluding hydrogens is 378 g/mol. The molecule has 0 atom stereocenters. The maximum Gasteiger partial charge on any atom is 0.254 e. The molecule has 6 nitrogen and oxygen atoms in total. The zero-order valence-electron chi connectivity index (χ0n) is 18.9. The Kier molecular flexibility index (Phi) is 8.96. The highest BCUT2D eigenvalue weighted by molar-refractivity contribution is 5.96. The summed E-state index contributed by atoms with van der Waals surface area (Å²) in [7, 11) is 3.58. The highest BCUT2D eigenvalue weighted by atomic mass is 16.5. The molecule has 0 unspecified atom stereocenters. The standard InChI is InChI=1S/C24H35N3O3/c1-6-7-15-26(17-21-9-8-14-25(21)4)23(28)18-27(16-19(2)3)24(29)20-10-12-22(30-5)13-11-20/h8-14,19H,6-7,15-18H2,1-5H3. The van der Waals surface area contributed by atoms with E-state index in [0.29, 0.717) is 30.9 Å². The van der Waals surface area contributed by atoms with Crippen molar-refractivity contribution in [2.24, 2.45) is 13.0 Å². The van der Waals surface area contributed by atoms with Crippen molar-refractivity contribution in [2.45, 2.75) is 40.2 Å². The summed E-state index contributed by atoms with van der Waals surface area (Å²) in [6.07, 6.45) is 3.93. The first-order valence-electron chi connectivity index (χ1n) is 10.7. The maximum absolute atomic E-state index is 13.2. The zero-order valence-corrected chi connectivity index (χ0v) is 18.9. The summed E-state index contributed by atoms with van der Waals surface area (Å²) >= 11 is 0. The summed E-state index contributed by atoms with van der Waals surface area (Å²) in [6, 6.07) is 11.0. The third-order valence-corrected chi connectivity index (χ3v) is 5.07. The molecule has 1 aromatic heterocycles. The van der Waals surface area contributed by atoms with Crippen LogP contribution in [0.3, 0.4) is 0 Å². The smallest absolute Gasteiger partial charge is 0.254 e. The van der Waals surface area contributed by atoms with E-state index >= 15 is 0 Å². The van der Waals surface area contributed by atoms with E-state index in [4.69, 9.17) is 4.74 Å². The van der Waals surface area contributed by atoms with Gasteiger partial charge in [0.25, 0.3) is 5.91 Å². The van der Waals surface area contributed by atoms with Crippen molar-refractivity contribution >= 4 is 11.8 Å². The van der Waals surface area contributed by atoms with Crippen LogP contribution >= 0.6 is 0 Å². The molecule has 0 aliphatic carbocycles. The Morgan fingerprint density at radius 1 is 1.10 bits per heavy atom. The highest BCUT2D eigenvalue weighted by Crippen LogP contribution is 2.15. The molecule has 0 fully saturated rings. The van der Waals surface area contributed by atoms with Gasteiger partial charge >= 0.3 is 0 Å². The average Bonchev–Trinajstić information content (AvgIpc) is 3.14. The van der Waals surface area contributed by atoms with Crippen LogP contribution < -0.4 is 4.74 Å². The Morgan fingerprint density at radius 3 is 2.33 bits per heavy atom. The Morgan fingerprint density at radius 2 is 1.80 bits per heavy atom. The normalized spacial score (nSPS) is 10.9. The van der Waals surface area contributed by atoms with Gasteiger partial charge in [0.05, 0.1) is 13.7 Å². The molecule has 2 rings (SSSR count). The molecule has 0 saturated heterocycles. The maximum atomic E-state index is 13.2. The number of methoxy groups -OCH3 is 1. The number of amides is 2. The van der Waals surface area contributed by atoms with Crippen molar-refractivity contribution < 1.29 is 14.3 Å². The minimum atomic E-state index is -0.131. The Labute approximate surface area is 180 Å². The van der Waals surface area contributed by atoms with Crippen LogP contribution in [-0.2, 0) is 18.4 Å². The van der Waals surface area contributed by atoms with E-state index in [1.165, 1.54) is 0 Å². The Hall–Kier alpha value is -2.76. The van der Waals surface area contributed by atoms with E-state index in [1.54, 1.807) is 36.3 Å². The average molecular weight is 414 g/mol. The van der Waals surface area contributed by atoms with Gasteiger partial charge in [0.2, 0.25) is 5.91 Å². The van der Waals surface area contributed by atoms with E-state index < -0.39 is 0 Å². The molecule has 0 spiro atoms. The number of benzene rings is 1. The molecule has 0 bridgehead atoms. The number of hydrogen-bond donors (Lipinski definition) is 0. The third kappa shape index (κ3) is 6.65. The molecule has 164 valence electrons. The van der Waals surface area contributed by atoms with Gasteiger partial charge in [-0.15, -0.1) is 0 Å². The van der Waals surface area contributed by atoms with Gasteiger partial charge < -0.3 is 19.1 Å². The fraction of sp³-hybridized carbons (Fsp3) is 0.500. The van der Waals surface area contributed by atoms with Crippen molar-refractivity contribution in [1.29, 1.82) is 0 Å². The molecule has 6 heteroatoms. The van der Waals surface area contributed by atoms with Crippen molar-refractivity contribution in [3.8, 4) is 5.75 Å². The Balaban J connectivity index is 2.17. The number of aryl methyl sites for hydroxylation is 1. The number of rotatable bonds is 11. The molecule has 0 radical (unpaired) electrons. The fourth-order valence-electron chi connectivity index (χ4n) is 3.34. The van der Waals surface area contributed by atoms with Gasteiger partial charge in [-0.1, -0.05) is 27.2 Å². The quantitative estimate of drug-likeness (QED) is 0.560. The predicted octanol–water partition coefficient (Wildman–Crippen LogP) is 3.96. The van der Waals surface area contributed by atoms with Gasteiger partial charge in [-0.2, -0.15) is 0 Å². The molecule has 0 aliphatic rings. The topological polar surface area (TPSA) is 54.8 Å². The van der Waals surface area contributed by atoms with Crippen LogP contribution in [0.1, 0.15) is 49.7 Å². The first kappa shape index (κ1) is 23.5. The van der Waals surface area contributed by atoms with Crippen LogP contribution in [0, 0.1) is 5.92 Å².